The first kappa shape index (κ1) is 10.9. The maximum absolute atomic E-state index is 11.7. The van der Waals surface area contributed by atoms with Crippen LogP contribution >= 0.6 is 22.9 Å². The molecule has 0 bridgehead atoms. The first-order valence-corrected chi connectivity index (χ1v) is 5.69. The van der Waals surface area contributed by atoms with Crippen LogP contribution in [0.2, 0.25) is 5.02 Å². The minimum Gasteiger partial charge on any atom is -0.375 e. The summed E-state index contributed by atoms with van der Waals surface area (Å²) in [7, 11) is 0. The number of halogens is 1. The third-order valence-corrected chi connectivity index (χ3v) is 2.75. The third-order valence-electron chi connectivity index (χ3n) is 1.84. The van der Waals surface area contributed by atoms with Crippen LogP contribution < -0.4 is 11.1 Å². The summed E-state index contributed by atoms with van der Waals surface area (Å²) >= 11 is 7.02. The van der Waals surface area contributed by atoms with E-state index in [1.165, 1.54) is 11.3 Å². The molecule has 4 nitrogen and oxygen atoms in total. The molecule has 0 aliphatic rings. The molecule has 2 aromatic rings. The molecule has 1 amide bonds. The number of nitrogens with two attached hydrogens (primary N) is 1. The molecule has 0 unspecified atom stereocenters. The molecule has 1 heterocycles. The van der Waals surface area contributed by atoms with Gasteiger partial charge in [-0.05, 0) is 18.2 Å². The van der Waals surface area contributed by atoms with E-state index in [1.54, 1.807) is 29.6 Å². The number of nitrogens with zero attached hydrogens (tertiary/aromatic N) is 1. The summed E-state index contributed by atoms with van der Waals surface area (Å²) in [5, 5.41) is 5.22. The van der Waals surface area contributed by atoms with Gasteiger partial charge in [-0.25, -0.2) is 4.98 Å². The zero-order chi connectivity index (χ0) is 11.5. The second-order valence-corrected chi connectivity index (χ2v) is 4.36. The topological polar surface area (TPSA) is 68.0 Å². The van der Waals surface area contributed by atoms with E-state index in [4.69, 9.17) is 17.3 Å². The number of thiazole rings is 1. The van der Waals surface area contributed by atoms with Crippen molar-refractivity contribution in [2.75, 3.05) is 11.1 Å². The first-order chi connectivity index (χ1) is 7.65. The number of nitrogens with one attached hydrogen (secondary N) is 1. The highest BCUT2D eigenvalue weighted by molar-refractivity contribution is 7.13. The van der Waals surface area contributed by atoms with Gasteiger partial charge < -0.3 is 11.1 Å². The van der Waals surface area contributed by atoms with Gasteiger partial charge in [0.2, 0.25) is 0 Å². The maximum Gasteiger partial charge on any atom is 0.275 e. The van der Waals surface area contributed by atoms with Crippen molar-refractivity contribution in [2.24, 2.45) is 0 Å². The molecule has 2 rings (SSSR count). The molecule has 0 spiro atoms. The molecule has 0 aliphatic heterocycles. The monoisotopic (exact) mass is 253 g/mol. The van der Waals surface area contributed by atoms with Gasteiger partial charge in [0.25, 0.3) is 5.91 Å². The lowest BCUT2D eigenvalue weighted by Gasteiger charge is -2.02. The van der Waals surface area contributed by atoms with E-state index >= 15 is 0 Å². The van der Waals surface area contributed by atoms with Gasteiger partial charge in [0.05, 0.1) is 0 Å². The van der Waals surface area contributed by atoms with Gasteiger partial charge in [0, 0.05) is 16.1 Å². The zero-order valence-electron chi connectivity index (χ0n) is 8.11. The zero-order valence-corrected chi connectivity index (χ0v) is 9.68. The van der Waals surface area contributed by atoms with Crippen molar-refractivity contribution in [3.8, 4) is 0 Å². The summed E-state index contributed by atoms with van der Waals surface area (Å²) < 4.78 is 0. The Hall–Kier alpha value is -1.59. The highest BCUT2D eigenvalue weighted by atomic mass is 35.5. The molecule has 0 atom stereocenters. The van der Waals surface area contributed by atoms with Crippen molar-refractivity contribution in [2.45, 2.75) is 0 Å². The van der Waals surface area contributed by atoms with Gasteiger partial charge in [-0.2, -0.15) is 0 Å². The van der Waals surface area contributed by atoms with Gasteiger partial charge in [0.1, 0.15) is 5.69 Å². The standard InChI is InChI=1S/C10H8ClN3OS/c11-6-2-1-3-7(4-6)13-9(15)8-5-16-10(12)14-8/h1-5H,(H2,12,14)(H,13,15). The second kappa shape index (κ2) is 4.51. The number of anilines is 2. The Kier molecular flexibility index (Phi) is 3.07. The predicted molar refractivity (Wildman–Crippen MR) is 65.9 cm³/mol. The van der Waals surface area contributed by atoms with E-state index in [0.29, 0.717) is 21.5 Å². The molecular formula is C10H8ClN3OS. The average molecular weight is 254 g/mol. The summed E-state index contributed by atoms with van der Waals surface area (Å²) in [4.78, 5) is 15.6. The van der Waals surface area contributed by atoms with Crippen molar-refractivity contribution in [1.82, 2.24) is 4.98 Å². The van der Waals surface area contributed by atoms with Gasteiger partial charge in [-0.3, -0.25) is 4.79 Å². The molecule has 0 saturated carbocycles. The van der Waals surface area contributed by atoms with Crippen LogP contribution in [0.25, 0.3) is 0 Å². The minimum atomic E-state index is -0.296. The van der Waals surface area contributed by atoms with E-state index in [2.05, 4.69) is 10.3 Å². The summed E-state index contributed by atoms with van der Waals surface area (Å²) in [6.07, 6.45) is 0. The van der Waals surface area contributed by atoms with Gasteiger partial charge in [-0.1, -0.05) is 17.7 Å². The van der Waals surface area contributed by atoms with E-state index in [9.17, 15) is 4.79 Å². The number of hydrogen-bond acceptors (Lipinski definition) is 4. The number of carbonyl (C=O) groups is 1. The highest BCUT2D eigenvalue weighted by Crippen LogP contribution is 2.17. The molecule has 1 aromatic heterocycles. The highest BCUT2D eigenvalue weighted by Gasteiger charge is 2.09. The largest absolute Gasteiger partial charge is 0.375 e. The van der Waals surface area contributed by atoms with Crippen LogP contribution in [0.3, 0.4) is 0 Å². The lowest BCUT2D eigenvalue weighted by Crippen LogP contribution is -2.12. The van der Waals surface area contributed by atoms with Crippen molar-refractivity contribution in [3.63, 3.8) is 0 Å². The van der Waals surface area contributed by atoms with Crippen LogP contribution in [0.5, 0.6) is 0 Å². The van der Waals surface area contributed by atoms with Crippen molar-refractivity contribution >= 4 is 39.7 Å². The van der Waals surface area contributed by atoms with Crippen LogP contribution in [0, 0.1) is 0 Å². The fraction of sp³-hybridized carbons (Fsp3) is 0. The number of amides is 1. The van der Waals surface area contributed by atoms with Crippen LogP contribution in [0.4, 0.5) is 10.8 Å². The molecular weight excluding hydrogens is 246 g/mol. The number of hydrogen-bond donors (Lipinski definition) is 2. The number of benzene rings is 1. The fourth-order valence-corrected chi connectivity index (χ4v) is 1.89. The lowest BCUT2D eigenvalue weighted by molar-refractivity contribution is 0.102. The van der Waals surface area contributed by atoms with E-state index in [0.717, 1.165) is 0 Å². The molecule has 16 heavy (non-hydrogen) atoms. The normalized spacial score (nSPS) is 10.1. The molecule has 0 fully saturated rings. The van der Waals surface area contributed by atoms with E-state index < -0.39 is 0 Å². The number of carbonyl (C=O) groups excluding carboxylic acids is 1. The Morgan fingerprint density at radius 3 is 2.94 bits per heavy atom. The number of rotatable bonds is 2. The Morgan fingerprint density at radius 1 is 1.50 bits per heavy atom. The van der Waals surface area contributed by atoms with Crippen molar-refractivity contribution in [3.05, 3.63) is 40.4 Å². The summed E-state index contributed by atoms with van der Waals surface area (Å²) in [5.74, 6) is -0.296. The van der Waals surface area contributed by atoms with Gasteiger partial charge in [-0.15, -0.1) is 11.3 Å². The second-order valence-electron chi connectivity index (χ2n) is 3.04. The predicted octanol–water partition coefficient (Wildman–Crippen LogP) is 2.63. The molecule has 6 heteroatoms. The first-order valence-electron chi connectivity index (χ1n) is 4.43. The molecule has 3 N–H and O–H groups in total. The molecule has 0 saturated heterocycles. The van der Waals surface area contributed by atoms with E-state index in [-0.39, 0.29) is 5.91 Å². The quantitative estimate of drug-likeness (QED) is 0.865. The van der Waals surface area contributed by atoms with Crippen molar-refractivity contribution in [1.29, 1.82) is 0 Å². The van der Waals surface area contributed by atoms with E-state index in [1.807, 2.05) is 0 Å². The Bertz CT molecular complexity index is 526. The van der Waals surface area contributed by atoms with Crippen molar-refractivity contribution < 1.29 is 4.79 Å². The van der Waals surface area contributed by atoms with Gasteiger partial charge >= 0.3 is 0 Å². The fourth-order valence-electron chi connectivity index (χ4n) is 1.15. The maximum atomic E-state index is 11.7. The van der Waals surface area contributed by atoms with Crippen LogP contribution in [-0.2, 0) is 0 Å². The summed E-state index contributed by atoms with van der Waals surface area (Å²) in [6, 6.07) is 6.90. The SMILES string of the molecule is Nc1nc(C(=O)Nc2cccc(Cl)c2)cs1. The Morgan fingerprint density at radius 2 is 2.31 bits per heavy atom. The molecule has 0 aliphatic carbocycles. The Labute approximate surface area is 101 Å². The summed E-state index contributed by atoms with van der Waals surface area (Å²) in [6.45, 7) is 0. The van der Waals surface area contributed by atoms with Crippen LogP contribution in [-0.4, -0.2) is 10.9 Å². The minimum absolute atomic E-state index is 0.296. The summed E-state index contributed by atoms with van der Waals surface area (Å²) in [5.41, 5.74) is 6.38. The van der Waals surface area contributed by atoms with Gasteiger partial charge in [0.15, 0.2) is 5.13 Å². The molecule has 82 valence electrons. The number of aromatic nitrogens is 1. The molecule has 1 aromatic carbocycles. The smallest absolute Gasteiger partial charge is 0.275 e. The Balaban J connectivity index is 2.13. The third kappa shape index (κ3) is 2.50. The molecule has 0 radical (unpaired) electrons. The average Bonchev–Trinajstić information content (AvgIpc) is 2.65. The lowest BCUT2D eigenvalue weighted by atomic mass is 10.3. The number of nitrogen functional groups attached to an aromatic ring is 1. The van der Waals surface area contributed by atoms with Crippen LogP contribution in [0.15, 0.2) is 29.6 Å². The van der Waals surface area contributed by atoms with Crippen LogP contribution in [0.1, 0.15) is 10.5 Å².